The van der Waals surface area contributed by atoms with Crippen LogP contribution in [-0.2, 0) is 4.79 Å². The summed E-state index contributed by atoms with van der Waals surface area (Å²) in [6.45, 7) is 1.97. The molecule has 3 heteroatoms. The number of benzene rings is 1. The van der Waals surface area contributed by atoms with E-state index < -0.39 is 0 Å². The second-order valence-electron chi connectivity index (χ2n) is 3.48. The van der Waals surface area contributed by atoms with Crippen LogP contribution < -0.4 is 4.74 Å². The molecule has 3 nitrogen and oxygen atoms in total. The van der Waals surface area contributed by atoms with Gasteiger partial charge in [-0.25, -0.2) is 0 Å². The number of carbonyl (C=O) groups excluding carboxylic acids is 1. The summed E-state index contributed by atoms with van der Waals surface area (Å²) in [4.78, 5) is 11.3. The summed E-state index contributed by atoms with van der Waals surface area (Å²) in [6.07, 6.45) is 7.29. The molecule has 0 atom stereocenters. The Kier molecular flexibility index (Phi) is 5.01. The van der Waals surface area contributed by atoms with Crippen LogP contribution in [0.15, 0.2) is 36.4 Å². The smallest absolute Gasteiger partial charge is 0.178 e. The van der Waals surface area contributed by atoms with E-state index in [1.165, 1.54) is 19.3 Å². The van der Waals surface area contributed by atoms with Crippen molar-refractivity contribution in [3.05, 3.63) is 42.0 Å². The Morgan fingerprint density at radius 3 is 2.76 bits per heavy atom. The van der Waals surface area contributed by atoms with Crippen LogP contribution in [0.25, 0.3) is 6.08 Å². The summed E-state index contributed by atoms with van der Waals surface area (Å²) >= 11 is 0. The zero-order chi connectivity index (χ0) is 12.7. The van der Waals surface area contributed by atoms with E-state index in [4.69, 9.17) is 4.74 Å². The number of hydrogen-bond donors (Lipinski definition) is 1. The van der Waals surface area contributed by atoms with E-state index in [9.17, 15) is 9.90 Å². The fourth-order valence-corrected chi connectivity index (χ4v) is 1.28. The summed E-state index contributed by atoms with van der Waals surface area (Å²) in [5, 5.41) is 9.54. The molecule has 0 amide bonds. The first-order chi connectivity index (χ1) is 8.17. The van der Waals surface area contributed by atoms with Gasteiger partial charge in [-0.2, -0.15) is 0 Å². The van der Waals surface area contributed by atoms with Crippen molar-refractivity contribution in [2.24, 2.45) is 0 Å². The van der Waals surface area contributed by atoms with E-state index in [-0.39, 0.29) is 11.5 Å². The fourth-order valence-electron chi connectivity index (χ4n) is 1.28. The molecule has 1 aromatic carbocycles. The molecule has 0 radical (unpaired) electrons. The van der Waals surface area contributed by atoms with Crippen LogP contribution in [0.5, 0.6) is 11.5 Å². The van der Waals surface area contributed by atoms with E-state index in [2.05, 4.69) is 0 Å². The van der Waals surface area contributed by atoms with Gasteiger partial charge in [0.2, 0.25) is 0 Å². The largest absolute Gasteiger partial charge is 0.504 e. The monoisotopic (exact) mass is 232 g/mol. The topological polar surface area (TPSA) is 46.5 Å². The number of aromatic hydroxyl groups is 1. The molecule has 1 N–H and O–H groups in total. The molecule has 0 fully saturated rings. The number of methoxy groups -OCH3 is 1. The summed E-state index contributed by atoms with van der Waals surface area (Å²) in [7, 11) is 1.49. The zero-order valence-electron chi connectivity index (χ0n) is 10.0. The lowest BCUT2D eigenvalue weighted by Gasteiger charge is -2.02. The lowest BCUT2D eigenvalue weighted by atomic mass is 10.1. The minimum Gasteiger partial charge on any atom is -0.504 e. The van der Waals surface area contributed by atoms with Crippen LogP contribution in [0.4, 0.5) is 0 Å². The number of hydrogen-bond acceptors (Lipinski definition) is 3. The Balaban J connectivity index is 2.75. The van der Waals surface area contributed by atoms with Gasteiger partial charge in [0.25, 0.3) is 0 Å². The lowest BCUT2D eigenvalue weighted by Crippen LogP contribution is -1.86. The molecule has 0 heterocycles. The number of phenols is 1. The first-order valence-corrected chi connectivity index (χ1v) is 5.43. The second kappa shape index (κ2) is 6.53. The van der Waals surface area contributed by atoms with Crippen LogP contribution in [0, 0.1) is 0 Å². The number of carbonyl (C=O) groups is 1. The molecule has 0 bridgehead atoms. The average Bonchev–Trinajstić information content (AvgIpc) is 2.34. The van der Waals surface area contributed by atoms with Crippen LogP contribution in [-0.4, -0.2) is 18.0 Å². The minimum atomic E-state index is -0.0674. The van der Waals surface area contributed by atoms with Gasteiger partial charge >= 0.3 is 0 Å². The zero-order valence-corrected chi connectivity index (χ0v) is 10.0. The predicted octanol–water partition coefficient (Wildman–Crippen LogP) is 2.95. The number of ketones is 1. The van der Waals surface area contributed by atoms with Crippen molar-refractivity contribution < 1.29 is 14.6 Å². The van der Waals surface area contributed by atoms with Crippen molar-refractivity contribution in [1.82, 2.24) is 0 Å². The summed E-state index contributed by atoms with van der Waals surface area (Å²) in [5.74, 6) is 0.410. The summed E-state index contributed by atoms with van der Waals surface area (Å²) in [6, 6.07) is 4.97. The molecule has 90 valence electrons. The van der Waals surface area contributed by atoms with Crippen LogP contribution in [0.2, 0.25) is 0 Å². The Hall–Kier alpha value is -2.03. The Bertz CT molecular complexity index is 445. The third kappa shape index (κ3) is 4.15. The van der Waals surface area contributed by atoms with Crippen molar-refractivity contribution in [3.63, 3.8) is 0 Å². The van der Waals surface area contributed by atoms with E-state index in [1.807, 2.05) is 6.92 Å². The third-order valence-electron chi connectivity index (χ3n) is 2.16. The van der Waals surface area contributed by atoms with Crippen molar-refractivity contribution in [2.75, 3.05) is 7.11 Å². The molecule has 0 spiro atoms. The Morgan fingerprint density at radius 1 is 1.41 bits per heavy atom. The second-order valence-corrected chi connectivity index (χ2v) is 3.48. The number of ether oxygens (including phenoxy) is 1. The number of phenolic OH excluding ortho intramolecular Hbond substituents is 1. The summed E-state index contributed by atoms with van der Waals surface area (Å²) in [5.41, 5.74) is 0.751. The lowest BCUT2D eigenvalue weighted by molar-refractivity contribution is -0.110. The van der Waals surface area contributed by atoms with Crippen LogP contribution >= 0.6 is 0 Å². The van der Waals surface area contributed by atoms with Gasteiger partial charge in [0.15, 0.2) is 17.3 Å². The highest BCUT2D eigenvalue weighted by atomic mass is 16.5. The van der Waals surface area contributed by atoms with Gasteiger partial charge in [-0.05, 0) is 36.3 Å². The number of allylic oxidation sites excluding steroid dienone is 3. The van der Waals surface area contributed by atoms with Crippen molar-refractivity contribution >= 4 is 11.9 Å². The van der Waals surface area contributed by atoms with Gasteiger partial charge in [-0.15, -0.1) is 0 Å². The molecular weight excluding hydrogens is 216 g/mol. The van der Waals surface area contributed by atoms with Crippen molar-refractivity contribution in [1.29, 1.82) is 0 Å². The van der Waals surface area contributed by atoms with E-state index >= 15 is 0 Å². The molecule has 0 aliphatic heterocycles. The van der Waals surface area contributed by atoms with Gasteiger partial charge in [-0.3, -0.25) is 4.79 Å². The maximum Gasteiger partial charge on any atom is 0.178 e. The molecule has 1 aromatic rings. The minimum absolute atomic E-state index is 0.0613. The third-order valence-corrected chi connectivity index (χ3v) is 2.16. The maximum atomic E-state index is 11.3. The van der Waals surface area contributed by atoms with Gasteiger partial charge in [0.1, 0.15) is 0 Å². The molecule has 0 saturated carbocycles. The molecule has 1 rings (SSSR count). The molecule has 17 heavy (non-hydrogen) atoms. The molecule has 0 aromatic heterocycles. The molecule has 0 saturated heterocycles. The highest BCUT2D eigenvalue weighted by molar-refractivity contribution is 6.01. The predicted molar refractivity (Wildman–Crippen MR) is 68.1 cm³/mol. The van der Waals surface area contributed by atoms with Gasteiger partial charge in [0, 0.05) is 0 Å². The average molecular weight is 232 g/mol. The maximum absolute atomic E-state index is 11.3. The van der Waals surface area contributed by atoms with Crippen molar-refractivity contribution in [2.45, 2.75) is 13.3 Å². The van der Waals surface area contributed by atoms with Gasteiger partial charge < -0.3 is 9.84 Å². The highest BCUT2D eigenvalue weighted by Crippen LogP contribution is 2.26. The quantitative estimate of drug-likeness (QED) is 0.794. The Labute approximate surface area is 101 Å². The molecule has 0 unspecified atom stereocenters. The first-order valence-electron chi connectivity index (χ1n) is 5.43. The molecule has 0 aliphatic rings. The SMILES string of the molecule is CC/C=C/C(=O)/C=C/c1ccc(OC)c(O)c1. The van der Waals surface area contributed by atoms with Gasteiger partial charge in [-0.1, -0.05) is 25.1 Å². The van der Waals surface area contributed by atoms with Crippen LogP contribution in [0.3, 0.4) is 0 Å². The molecule has 0 aliphatic carbocycles. The standard InChI is InChI=1S/C14H16O3/c1-3-4-5-12(15)8-6-11-7-9-14(17-2)13(16)10-11/h4-10,16H,3H2,1-2H3/b5-4+,8-6+. The van der Waals surface area contributed by atoms with E-state index in [0.29, 0.717) is 5.75 Å². The van der Waals surface area contributed by atoms with Crippen LogP contribution in [0.1, 0.15) is 18.9 Å². The van der Waals surface area contributed by atoms with E-state index in [1.54, 1.807) is 30.4 Å². The van der Waals surface area contributed by atoms with Crippen molar-refractivity contribution in [3.8, 4) is 11.5 Å². The fraction of sp³-hybridized carbons (Fsp3) is 0.214. The summed E-state index contributed by atoms with van der Waals surface area (Å²) < 4.78 is 4.93. The molecular formula is C14H16O3. The van der Waals surface area contributed by atoms with E-state index in [0.717, 1.165) is 12.0 Å². The Morgan fingerprint density at radius 2 is 2.18 bits per heavy atom. The first kappa shape index (κ1) is 13.0. The normalized spacial score (nSPS) is 11.2. The van der Waals surface area contributed by atoms with Gasteiger partial charge in [0.05, 0.1) is 7.11 Å². The number of rotatable bonds is 5. The highest BCUT2D eigenvalue weighted by Gasteiger charge is 2.00.